The number of ether oxygens (including phenoxy) is 1. The summed E-state index contributed by atoms with van der Waals surface area (Å²) in [4.78, 5) is 12.7. The smallest absolute Gasteiger partial charge is 0.407 e. The summed E-state index contributed by atoms with van der Waals surface area (Å²) in [6.45, 7) is 1.22. The first-order valence-electron chi connectivity index (χ1n) is 7.95. The Bertz CT molecular complexity index is 763. The summed E-state index contributed by atoms with van der Waals surface area (Å²) in [7, 11) is 0. The zero-order chi connectivity index (χ0) is 16.0. The average Bonchev–Trinajstić information content (AvgIpc) is 3.12. The second kappa shape index (κ2) is 5.60. The summed E-state index contributed by atoms with van der Waals surface area (Å²) >= 11 is 6.26. The van der Waals surface area contributed by atoms with Gasteiger partial charge >= 0.3 is 6.09 Å². The molecule has 0 spiro atoms. The molecule has 2 aromatic rings. The molecule has 2 fully saturated rings. The third-order valence-corrected chi connectivity index (χ3v) is 5.50. The standard InChI is InChI=1S/C18H18ClNO3/c19-15-6-8-16(13-4-2-1-3-12(13)15)23-17-7-5-11-9-20(18(21)22)10-14(11)17/h1-4,6,8,11,14,17H,5,7,9-10H2,(H,21,22)/t11-,14+,17+/m1/s1. The molecule has 120 valence electrons. The van der Waals surface area contributed by atoms with Crippen LogP contribution in [0.15, 0.2) is 36.4 Å². The molecule has 4 rings (SSSR count). The largest absolute Gasteiger partial charge is 0.489 e. The topological polar surface area (TPSA) is 49.8 Å². The van der Waals surface area contributed by atoms with Gasteiger partial charge in [-0.15, -0.1) is 0 Å². The number of carboxylic acid groups (broad SMARTS) is 1. The zero-order valence-corrected chi connectivity index (χ0v) is 13.4. The molecule has 1 N–H and O–H groups in total. The molecule has 1 amide bonds. The molecule has 1 saturated carbocycles. The molecule has 0 unspecified atom stereocenters. The second-order valence-electron chi connectivity index (χ2n) is 6.44. The number of fused-ring (bicyclic) bond motifs is 2. The van der Waals surface area contributed by atoms with Crippen LogP contribution in [-0.2, 0) is 0 Å². The van der Waals surface area contributed by atoms with Crippen molar-refractivity contribution in [3.8, 4) is 5.75 Å². The Labute approximate surface area is 139 Å². The number of amides is 1. The molecule has 0 bridgehead atoms. The fourth-order valence-corrected chi connectivity index (χ4v) is 4.25. The zero-order valence-electron chi connectivity index (χ0n) is 12.6. The predicted molar refractivity (Wildman–Crippen MR) is 89.2 cm³/mol. The van der Waals surface area contributed by atoms with Gasteiger partial charge in [0.15, 0.2) is 0 Å². The molecule has 5 heteroatoms. The third-order valence-electron chi connectivity index (χ3n) is 5.17. The number of rotatable bonds is 2. The van der Waals surface area contributed by atoms with E-state index in [9.17, 15) is 9.90 Å². The fraction of sp³-hybridized carbons (Fsp3) is 0.389. The van der Waals surface area contributed by atoms with E-state index in [0.717, 1.165) is 34.4 Å². The Kier molecular flexibility index (Phi) is 3.57. The lowest BCUT2D eigenvalue weighted by Gasteiger charge is -2.22. The number of likely N-dealkylation sites (tertiary alicyclic amines) is 1. The van der Waals surface area contributed by atoms with Crippen molar-refractivity contribution in [2.45, 2.75) is 18.9 Å². The van der Waals surface area contributed by atoms with Gasteiger partial charge in [-0.3, -0.25) is 0 Å². The SMILES string of the molecule is O=C(O)N1C[C@H]2CC[C@H](Oc3ccc(Cl)c4ccccc34)[C@H]2C1. The van der Waals surface area contributed by atoms with Crippen molar-refractivity contribution in [3.63, 3.8) is 0 Å². The van der Waals surface area contributed by atoms with Crippen LogP contribution in [0.25, 0.3) is 10.8 Å². The van der Waals surface area contributed by atoms with Gasteiger partial charge in [-0.05, 0) is 30.9 Å². The highest BCUT2D eigenvalue weighted by atomic mass is 35.5. The molecule has 1 saturated heterocycles. The van der Waals surface area contributed by atoms with E-state index in [1.54, 1.807) is 0 Å². The van der Waals surface area contributed by atoms with Gasteiger partial charge in [-0.25, -0.2) is 4.79 Å². The van der Waals surface area contributed by atoms with Gasteiger partial charge in [0.1, 0.15) is 11.9 Å². The minimum Gasteiger partial charge on any atom is -0.489 e. The van der Waals surface area contributed by atoms with Gasteiger partial charge in [0, 0.05) is 34.8 Å². The normalized spacial score (nSPS) is 26.5. The summed E-state index contributed by atoms with van der Waals surface area (Å²) in [6, 6.07) is 11.7. The summed E-state index contributed by atoms with van der Waals surface area (Å²) in [6.07, 6.45) is 1.27. The molecule has 2 aromatic carbocycles. The van der Waals surface area contributed by atoms with Gasteiger partial charge in [0.25, 0.3) is 0 Å². The van der Waals surface area contributed by atoms with Crippen molar-refractivity contribution in [2.24, 2.45) is 11.8 Å². The van der Waals surface area contributed by atoms with Crippen LogP contribution in [0.5, 0.6) is 5.75 Å². The molecule has 1 aliphatic carbocycles. The van der Waals surface area contributed by atoms with Crippen LogP contribution in [0.2, 0.25) is 5.02 Å². The molecule has 23 heavy (non-hydrogen) atoms. The summed E-state index contributed by atoms with van der Waals surface area (Å²) in [5.74, 6) is 1.56. The second-order valence-corrected chi connectivity index (χ2v) is 6.84. The van der Waals surface area contributed by atoms with E-state index in [4.69, 9.17) is 16.3 Å². The molecule has 2 aliphatic rings. The average molecular weight is 332 g/mol. The number of carbonyl (C=O) groups is 1. The van der Waals surface area contributed by atoms with Crippen molar-refractivity contribution < 1.29 is 14.6 Å². The number of hydrogen-bond acceptors (Lipinski definition) is 2. The molecular formula is C18H18ClNO3. The van der Waals surface area contributed by atoms with Gasteiger partial charge < -0.3 is 14.7 Å². The van der Waals surface area contributed by atoms with Crippen LogP contribution in [0.3, 0.4) is 0 Å². The lowest BCUT2D eigenvalue weighted by molar-refractivity contribution is 0.134. The Morgan fingerprint density at radius 3 is 2.70 bits per heavy atom. The number of benzene rings is 2. The lowest BCUT2D eigenvalue weighted by Crippen LogP contribution is -2.31. The van der Waals surface area contributed by atoms with E-state index in [1.807, 2.05) is 36.4 Å². The van der Waals surface area contributed by atoms with E-state index in [-0.39, 0.29) is 6.10 Å². The van der Waals surface area contributed by atoms with Crippen LogP contribution >= 0.6 is 11.6 Å². The van der Waals surface area contributed by atoms with Crippen LogP contribution < -0.4 is 4.74 Å². The lowest BCUT2D eigenvalue weighted by atomic mass is 9.99. The highest BCUT2D eigenvalue weighted by Crippen LogP contribution is 2.41. The quantitative estimate of drug-likeness (QED) is 0.894. The number of nitrogens with zero attached hydrogens (tertiary/aromatic N) is 1. The van der Waals surface area contributed by atoms with E-state index < -0.39 is 6.09 Å². The Morgan fingerprint density at radius 1 is 1.13 bits per heavy atom. The minimum atomic E-state index is -0.824. The number of halogens is 1. The first-order valence-corrected chi connectivity index (χ1v) is 8.33. The Balaban J connectivity index is 1.60. The van der Waals surface area contributed by atoms with E-state index >= 15 is 0 Å². The highest BCUT2D eigenvalue weighted by molar-refractivity contribution is 6.35. The third kappa shape index (κ3) is 2.51. The van der Waals surface area contributed by atoms with Crippen LogP contribution in [0.1, 0.15) is 12.8 Å². The van der Waals surface area contributed by atoms with Crippen LogP contribution in [-0.4, -0.2) is 35.3 Å². The van der Waals surface area contributed by atoms with Crippen molar-refractivity contribution in [3.05, 3.63) is 41.4 Å². The summed E-state index contributed by atoms with van der Waals surface area (Å²) in [5, 5.41) is 11.9. The van der Waals surface area contributed by atoms with Crippen LogP contribution in [0.4, 0.5) is 4.79 Å². The van der Waals surface area contributed by atoms with Gasteiger partial charge in [0.2, 0.25) is 0 Å². The molecule has 1 heterocycles. The molecule has 1 aliphatic heterocycles. The Morgan fingerprint density at radius 2 is 1.91 bits per heavy atom. The maximum Gasteiger partial charge on any atom is 0.407 e. The molecule has 4 nitrogen and oxygen atoms in total. The summed E-state index contributed by atoms with van der Waals surface area (Å²) < 4.78 is 6.31. The first kappa shape index (κ1) is 14.6. The highest BCUT2D eigenvalue weighted by Gasteiger charge is 2.45. The van der Waals surface area contributed by atoms with E-state index in [1.165, 1.54) is 4.90 Å². The minimum absolute atomic E-state index is 0.0777. The van der Waals surface area contributed by atoms with Gasteiger partial charge in [-0.1, -0.05) is 35.9 Å². The fourth-order valence-electron chi connectivity index (χ4n) is 4.02. The van der Waals surface area contributed by atoms with Gasteiger partial charge in [0.05, 0.1) is 0 Å². The molecular weight excluding hydrogens is 314 g/mol. The predicted octanol–water partition coefficient (Wildman–Crippen LogP) is 4.26. The van der Waals surface area contributed by atoms with Crippen LogP contribution in [0, 0.1) is 11.8 Å². The van der Waals surface area contributed by atoms with Crippen molar-refractivity contribution in [1.82, 2.24) is 4.90 Å². The number of hydrogen-bond donors (Lipinski definition) is 1. The van der Waals surface area contributed by atoms with Crippen molar-refractivity contribution in [2.75, 3.05) is 13.1 Å². The monoisotopic (exact) mass is 331 g/mol. The van der Waals surface area contributed by atoms with Gasteiger partial charge in [-0.2, -0.15) is 0 Å². The molecule has 0 radical (unpaired) electrons. The first-order chi connectivity index (χ1) is 11.1. The molecule has 3 atom stereocenters. The van der Waals surface area contributed by atoms with E-state index in [0.29, 0.717) is 24.9 Å². The van der Waals surface area contributed by atoms with E-state index in [2.05, 4.69) is 0 Å². The summed E-state index contributed by atoms with van der Waals surface area (Å²) in [5.41, 5.74) is 0. The maximum absolute atomic E-state index is 11.2. The van der Waals surface area contributed by atoms with Crippen molar-refractivity contribution >= 4 is 28.5 Å². The Hall–Kier alpha value is -1.94. The molecule has 0 aromatic heterocycles. The van der Waals surface area contributed by atoms with Crippen molar-refractivity contribution in [1.29, 1.82) is 0 Å². The maximum atomic E-state index is 11.2.